The fourth-order valence-corrected chi connectivity index (χ4v) is 2.24. The quantitative estimate of drug-likeness (QED) is 0.784. The number of methoxy groups -OCH3 is 1. The summed E-state index contributed by atoms with van der Waals surface area (Å²) in [5, 5.41) is 3.54. The Balaban J connectivity index is 2.70. The van der Waals surface area contributed by atoms with Crippen LogP contribution in [0.5, 0.6) is 0 Å². The van der Waals surface area contributed by atoms with Crippen LogP contribution in [-0.4, -0.2) is 26.3 Å². The standard InChI is InChI=1S/C15H25NO/c1-5-16-14(9-10-17-4)11-15-12(2)7-6-8-13(15)3/h6-8,14,16H,5,9-11H2,1-4H3. The third kappa shape index (κ3) is 4.49. The molecule has 0 aromatic heterocycles. The van der Waals surface area contributed by atoms with Gasteiger partial charge in [0.2, 0.25) is 0 Å². The van der Waals surface area contributed by atoms with Gasteiger partial charge in [0.1, 0.15) is 0 Å². The second kappa shape index (κ2) is 7.46. The van der Waals surface area contributed by atoms with Crippen molar-refractivity contribution in [3.8, 4) is 0 Å². The highest BCUT2D eigenvalue weighted by Gasteiger charge is 2.11. The maximum Gasteiger partial charge on any atom is 0.0477 e. The number of hydrogen-bond donors (Lipinski definition) is 1. The van der Waals surface area contributed by atoms with Crippen LogP contribution in [0.1, 0.15) is 30.0 Å². The first-order valence-electron chi connectivity index (χ1n) is 6.46. The molecule has 1 atom stereocenters. The van der Waals surface area contributed by atoms with E-state index in [4.69, 9.17) is 4.74 Å². The monoisotopic (exact) mass is 235 g/mol. The van der Waals surface area contributed by atoms with Gasteiger partial charge in [-0.15, -0.1) is 0 Å². The van der Waals surface area contributed by atoms with E-state index in [1.807, 2.05) is 0 Å². The molecule has 96 valence electrons. The molecule has 0 fully saturated rings. The molecular formula is C15H25NO. The highest BCUT2D eigenvalue weighted by molar-refractivity contribution is 5.34. The average Bonchev–Trinajstić information content (AvgIpc) is 2.31. The lowest BCUT2D eigenvalue weighted by molar-refractivity contribution is 0.182. The van der Waals surface area contributed by atoms with Crippen LogP contribution in [0.25, 0.3) is 0 Å². The number of likely N-dealkylation sites (N-methyl/N-ethyl adjacent to an activating group) is 1. The molecule has 2 nitrogen and oxygen atoms in total. The number of nitrogens with one attached hydrogen (secondary N) is 1. The summed E-state index contributed by atoms with van der Waals surface area (Å²) in [5.41, 5.74) is 4.27. The van der Waals surface area contributed by atoms with Crippen molar-refractivity contribution >= 4 is 0 Å². The summed E-state index contributed by atoms with van der Waals surface area (Å²) in [7, 11) is 1.77. The predicted octanol–water partition coefficient (Wildman–Crippen LogP) is 2.86. The van der Waals surface area contributed by atoms with Gasteiger partial charge >= 0.3 is 0 Å². The lowest BCUT2D eigenvalue weighted by Gasteiger charge is -2.20. The molecule has 0 amide bonds. The van der Waals surface area contributed by atoms with E-state index >= 15 is 0 Å². The third-order valence-electron chi connectivity index (χ3n) is 3.26. The second-order valence-electron chi connectivity index (χ2n) is 4.61. The lowest BCUT2D eigenvalue weighted by Crippen LogP contribution is -2.32. The summed E-state index contributed by atoms with van der Waals surface area (Å²) in [6.45, 7) is 8.38. The van der Waals surface area contributed by atoms with Crippen LogP contribution in [0, 0.1) is 13.8 Å². The lowest BCUT2D eigenvalue weighted by atomic mass is 9.95. The summed E-state index contributed by atoms with van der Waals surface area (Å²) in [5.74, 6) is 0. The first kappa shape index (κ1) is 14.2. The molecule has 2 heteroatoms. The molecule has 0 radical (unpaired) electrons. The first-order chi connectivity index (χ1) is 8.19. The number of aryl methyl sites for hydroxylation is 2. The van der Waals surface area contributed by atoms with Crippen LogP contribution in [0.3, 0.4) is 0 Å². The molecule has 1 aromatic rings. The van der Waals surface area contributed by atoms with Crippen molar-refractivity contribution in [2.24, 2.45) is 0 Å². The van der Waals surface area contributed by atoms with Crippen LogP contribution < -0.4 is 5.32 Å². The van der Waals surface area contributed by atoms with Crippen molar-refractivity contribution in [2.45, 2.75) is 39.7 Å². The summed E-state index contributed by atoms with van der Waals surface area (Å²) in [6.07, 6.45) is 2.16. The van der Waals surface area contributed by atoms with Crippen molar-refractivity contribution in [1.82, 2.24) is 5.32 Å². The summed E-state index contributed by atoms with van der Waals surface area (Å²) < 4.78 is 5.18. The van der Waals surface area contributed by atoms with Crippen molar-refractivity contribution in [2.75, 3.05) is 20.3 Å². The Bertz CT molecular complexity index is 315. The minimum Gasteiger partial charge on any atom is -0.385 e. The molecule has 1 unspecified atom stereocenters. The Hall–Kier alpha value is -0.860. The van der Waals surface area contributed by atoms with Gasteiger partial charge < -0.3 is 10.1 Å². The molecule has 0 bridgehead atoms. The minimum absolute atomic E-state index is 0.514. The van der Waals surface area contributed by atoms with E-state index in [0.29, 0.717) is 6.04 Å². The van der Waals surface area contributed by atoms with Gasteiger partial charge in [0, 0.05) is 19.8 Å². The summed E-state index contributed by atoms with van der Waals surface area (Å²) in [6, 6.07) is 7.04. The Kier molecular flexibility index (Phi) is 6.23. The van der Waals surface area contributed by atoms with Gasteiger partial charge in [-0.2, -0.15) is 0 Å². The van der Waals surface area contributed by atoms with Gasteiger partial charge in [0.15, 0.2) is 0 Å². The fourth-order valence-electron chi connectivity index (χ4n) is 2.24. The van der Waals surface area contributed by atoms with Gasteiger partial charge in [-0.05, 0) is 49.9 Å². The van der Waals surface area contributed by atoms with Crippen molar-refractivity contribution < 1.29 is 4.74 Å². The van der Waals surface area contributed by atoms with Gasteiger partial charge in [-0.25, -0.2) is 0 Å². The molecule has 0 aliphatic heterocycles. The minimum atomic E-state index is 0.514. The van der Waals surface area contributed by atoms with E-state index in [9.17, 15) is 0 Å². The van der Waals surface area contributed by atoms with Crippen LogP contribution in [0.4, 0.5) is 0 Å². The Morgan fingerprint density at radius 1 is 1.24 bits per heavy atom. The number of benzene rings is 1. The molecule has 17 heavy (non-hydrogen) atoms. The Labute approximate surface area is 105 Å². The summed E-state index contributed by atoms with van der Waals surface area (Å²) in [4.78, 5) is 0. The topological polar surface area (TPSA) is 21.3 Å². The van der Waals surface area contributed by atoms with Crippen LogP contribution in [0.15, 0.2) is 18.2 Å². The van der Waals surface area contributed by atoms with Crippen LogP contribution in [0.2, 0.25) is 0 Å². The molecule has 1 rings (SSSR count). The van der Waals surface area contributed by atoms with Crippen molar-refractivity contribution in [3.05, 3.63) is 34.9 Å². The highest BCUT2D eigenvalue weighted by Crippen LogP contribution is 2.16. The molecule has 0 saturated carbocycles. The third-order valence-corrected chi connectivity index (χ3v) is 3.26. The maximum absolute atomic E-state index is 5.18. The molecule has 0 heterocycles. The second-order valence-corrected chi connectivity index (χ2v) is 4.61. The molecule has 0 aliphatic carbocycles. The number of ether oxygens (including phenoxy) is 1. The van der Waals surface area contributed by atoms with Crippen LogP contribution >= 0.6 is 0 Å². The molecule has 1 N–H and O–H groups in total. The zero-order valence-corrected chi connectivity index (χ0v) is 11.5. The average molecular weight is 235 g/mol. The number of hydrogen-bond acceptors (Lipinski definition) is 2. The Morgan fingerprint density at radius 3 is 2.41 bits per heavy atom. The van der Waals surface area contributed by atoms with Crippen LogP contribution in [-0.2, 0) is 11.2 Å². The maximum atomic E-state index is 5.18. The normalized spacial score (nSPS) is 12.7. The van der Waals surface area contributed by atoms with E-state index in [1.54, 1.807) is 7.11 Å². The predicted molar refractivity (Wildman–Crippen MR) is 73.6 cm³/mol. The smallest absolute Gasteiger partial charge is 0.0477 e. The molecule has 0 spiro atoms. The SMILES string of the molecule is CCNC(CCOC)Cc1c(C)cccc1C. The van der Waals surface area contributed by atoms with Crippen molar-refractivity contribution in [1.29, 1.82) is 0 Å². The van der Waals surface area contributed by atoms with Gasteiger partial charge in [0.25, 0.3) is 0 Å². The van der Waals surface area contributed by atoms with E-state index in [-0.39, 0.29) is 0 Å². The fraction of sp³-hybridized carbons (Fsp3) is 0.600. The summed E-state index contributed by atoms with van der Waals surface area (Å²) >= 11 is 0. The number of rotatable bonds is 7. The van der Waals surface area contributed by atoms with Crippen molar-refractivity contribution in [3.63, 3.8) is 0 Å². The van der Waals surface area contributed by atoms with Gasteiger partial charge in [-0.3, -0.25) is 0 Å². The zero-order chi connectivity index (χ0) is 12.7. The van der Waals surface area contributed by atoms with E-state index < -0.39 is 0 Å². The molecule has 0 aliphatic rings. The Morgan fingerprint density at radius 2 is 1.88 bits per heavy atom. The van der Waals surface area contributed by atoms with Gasteiger partial charge in [0.05, 0.1) is 0 Å². The van der Waals surface area contributed by atoms with E-state index in [2.05, 4.69) is 44.3 Å². The highest BCUT2D eigenvalue weighted by atomic mass is 16.5. The largest absolute Gasteiger partial charge is 0.385 e. The first-order valence-corrected chi connectivity index (χ1v) is 6.46. The molecule has 0 saturated heterocycles. The molecular weight excluding hydrogens is 210 g/mol. The zero-order valence-electron chi connectivity index (χ0n) is 11.5. The van der Waals surface area contributed by atoms with E-state index in [0.717, 1.165) is 26.0 Å². The molecule has 1 aromatic carbocycles. The van der Waals surface area contributed by atoms with E-state index in [1.165, 1.54) is 16.7 Å². The van der Waals surface area contributed by atoms with Gasteiger partial charge in [-0.1, -0.05) is 25.1 Å².